The molecule has 0 saturated carbocycles. The number of thiol groups is 1. The molecule has 2 N–H and O–H groups in total. The van der Waals surface area contributed by atoms with E-state index in [0.29, 0.717) is 34.5 Å². The van der Waals surface area contributed by atoms with E-state index in [0.717, 1.165) is 51.9 Å². The maximum absolute atomic E-state index is 9.03. The van der Waals surface area contributed by atoms with Gasteiger partial charge in [-0.1, -0.05) is 50.1 Å². The number of nitrogens with zero attached hydrogens (tertiary/aromatic N) is 2. The van der Waals surface area contributed by atoms with Crippen molar-refractivity contribution in [3.8, 4) is 6.07 Å². The Hall–Kier alpha value is -2.62. The first kappa shape index (κ1) is 34.6. The Labute approximate surface area is 256 Å². The predicted octanol–water partition coefficient (Wildman–Crippen LogP) is 7.65. The Kier molecular flexibility index (Phi) is 16.4. The molecule has 1 aromatic rings. The minimum Gasteiger partial charge on any atom is -0.477 e. The lowest BCUT2D eigenvalue weighted by Gasteiger charge is -2.41. The quantitative estimate of drug-likeness (QED) is 0.0642. The van der Waals surface area contributed by atoms with Crippen molar-refractivity contribution in [3.05, 3.63) is 78.2 Å². The standard InChI is InChI=1S/C35H54N4OS/c1-7-10-11-15-31(9-3)35(34(41)16-12-14-27(4)40-28(5)37-6)32(13-8-2)21-22-38-24-30-25-39(26-30)33-19-17-29(23-36)18-20-33/h7,9-11,15,17-20,27,30,32,34-35,37-38,41H,5,8,12-14,16,21-22,24-26H2,1-4,6H3/b10-7-,15-11-,31-9+/t27-,32?,34+,35?/m1/s1. The van der Waals surface area contributed by atoms with E-state index in [1.54, 1.807) is 0 Å². The van der Waals surface area contributed by atoms with Crippen LogP contribution in [0, 0.1) is 29.1 Å². The van der Waals surface area contributed by atoms with E-state index in [4.69, 9.17) is 22.6 Å². The molecule has 1 aromatic carbocycles. The average molecular weight is 579 g/mol. The average Bonchev–Trinajstić information content (AvgIpc) is 2.95. The number of ether oxygens (including phenoxy) is 1. The molecule has 1 aliphatic rings. The highest BCUT2D eigenvalue weighted by atomic mass is 32.1. The van der Waals surface area contributed by atoms with E-state index >= 15 is 0 Å². The number of anilines is 1. The van der Waals surface area contributed by atoms with Crippen molar-refractivity contribution in [1.82, 2.24) is 10.6 Å². The third-order valence-corrected chi connectivity index (χ3v) is 8.65. The van der Waals surface area contributed by atoms with Gasteiger partial charge in [-0.25, -0.2) is 0 Å². The summed E-state index contributed by atoms with van der Waals surface area (Å²) in [5.74, 6) is 2.28. The number of nitriles is 1. The highest BCUT2D eigenvalue weighted by molar-refractivity contribution is 7.81. The van der Waals surface area contributed by atoms with Crippen LogP contribution in [0.3, 0.4) is 0 Å². The van der Waals surface area contributed by atoms with Crippen LogP contribution in [0.25, 0.3) is 0 Å². The second-order valence-corrected chi connectivity index (χ2v) is 11.9. The van der Waals surface area contributed by atoms with Gasteiger partial charge in [0.15, 0.2) is 5.88 Å². The van der Waals surface area contributed by atoms with Crippen LogP contribution in [0.15, 0.2) is 72.7 Å². The Balaban J connectivity index is 1.94. The first-order valence-corrected chi connectivity index (χ1v) is 16.0. The lowest BCUT2D eigenvalue weighted by molar-refractivity contribution is 0.110. The zero-order chi connectivity index (χ0) is 30.0. The number of hydrogen-bond donors (Lipinski definition) is 3. The molecular weight excluding hydrogens is 524 g/mol. The summed E-state index contributed by atoms with van der Waals surface area (Å²) in [6, 6.07) is 10.1. The van der Waals surface area contributed by atoms with Gasteiger partial charge in [0.1, 0.15) is 0 Å². The molecule has 4 atom stereocenters. The highest BCUT2D eigenvalue weighted by Crippen LogP contribution is 2.36. The molecule has 1 heterocycles. The van der Waals surface area contributed by atoms with Gasteiger partial charge in [-0.3, -0.25) is 0 Å². The van der Waals surface area contributed by atoms with Gasteiger partial charge in [-0.2, -0.15) is 17.9 Å². The summed E-state index contributed by atoms with van der Waals surface area (Å²) in [4.78, 5) is 2.39. The molecule has 1 saturated heterocycles. The van der Waals surface area contributed by atoms with Crippen LogP contribution in [-0.2, 0) is 4.74 Å². The van der Waals surface area contributed by atoms with Gasteiger partial charge in [0.05, 0.1) is 17.7 Å². The van der Waals surface area contributed by atoms with Crippen LogP contribution >= 0.6 is 12.6 Å². The van der Waals surface area contributed by atoms with Gasteiger partial charge >= 0.3 is 0 Å². The molecule has 0 aliphatic carbocycles. The lowest BCUT2D eigenvalue weighted by Crippen LogP contribution is -2.51. The van der Waals surface area contributed by atoms with Gasteiger partial charge in [0.25, 0.3) is 0 Å². The van der Waals surface area contributed by atoms with Crippen molar-refractivity contribution < 1.29 is 4.74 Å². The van der Waals surface area contributed by atoms with E-state index < -0.39 is 0 Å². The van der Waals surface area contributed by atoms with E-state index in [-0.39, 0.29) is 6.10 Å². The second kappa shape index (κ2) is 19.5. The second-order valence-electron chi connectivity index (χ2n) is 11.3. The van der Waals surface area contributed by atoms with Crippen LogP contribution in [0.5, 0.6) is 0 Å². The van der Waals surface area contributed by atoms with Crippen molar-refractivity contribution in [2.45, 2.75) is 77.6 Å². The maximum Gasteiger partial charge on any atom is 0.179 e. The fourth-order valence-electron chi connectivity index (χ4n) is 5.77. The fourth-order valence-corrected chi connectivity index (χ4v) is 6.36. The molecular formula is C35H54N4OS. The third kappa shape index (κ3) is 12.0. The largest absolute Gasteiger partial charge is 0.477 e. The predicted molar refractivity (Wildman–Crippen MR) is 179 cm³/mol. The fraction of sp³-hybridized carbons (Fsp3) is 0.571. The Morgan fingerprint density at radius 2 is 1.90 bits per heavy atom. The first-order chi connectivity index (χ1) is 19.9. The molecule has 0 aromatic heterocycles. The summed E-state index contributed by atoms with van der Waals surface area (Å²) in [6.45, 7) is 16.7. The minimum atomic E-state index is 0.139. The summed E-state index contributed by atoms with van der Waals surface area (Å²) in [7, 11) is 1.84. The molecule has 6 heteroatoms. The van der Waals surface area contributed by atoms with E-state index in [1.165, 1.54) is 24.1 Å². The molecule has 0 spiro atoms. The molecule has 0 bridgehead atoms. The molecule has 1 aliphatic heterocycles. The summed E-state index contributed by atoms with van der Waals surface area (Å²) in [5, 5.41) is 16.1. The Morgan fingerprint density at radius 3 is 2.51 bits per heavy atom. The van der Waals surface area contributed by atoms with Crippen LogP contribution in [-0.4, -0.2) is 44.6 Å². The summed E-state index contributed by atoms with van der Waals surface area (Å²) >= 11 is 5.24. The summed E-state index contributed by atoms with van der Waals surface area (Å²) < 4.78 is 5.82. The summed E-state index contributed by atoms with van der Waals surface area (Å²) in [5.41, 5.74) is 3.32. The number of allylic oxidation sites excluding steroid dienone is 6. The molecule has 0 amide bonds. The van der Waals surface area contributed by atoms with E-state index in [2.05, 4.69) is 98.4 Å². The number of nitrogens with one attached hydrogen (secondary N) is 2. The molecule has 0 radical (unpaired) electrons. The Morgan fingerprint density at radius 1 is 1.17 bits per heavy atom. The van der Waals surface area contributed by atoms with E-state index in [1.807, 2.05) is 19.2 Å². The van der Waals surface area contributed by atoms with Gasteiger partial charge in [0.2, 0.25) is 0 Å². The van der Waals surface area contributed by atoms with Crippen molar-refractivity contribution >= 4 is 18.3 Å². The zero-order valence-corrected chi connectivity index (χ0v) is 27.0. The maximum atomic E-state index is 9.03. The number of benzene rings is 1. The van der Waals surface area contributed by atoms with Crippen LogP contribution in [0.4, 0.5) is 5.69 Å². The highest BCUT2D eigenvalue weighted by Gasteiger charge is 2.30. The van der Waals surface area contributed by atoms with Crippen molar-refractivity contribution in [1.29, 1.82) is 5.26 Å². The number of rotatable bonds is 20. The van der Waals surface area contributed by atoms with Gasteiger partial charge in [0, 0.05) is 43.5 Å². The van der Waals surface area contributed by atoms with Gasteiger partial charge in [-0.15, -0.1) is 0 Å². The zero-order valence-electron chi connectivity index (χ0n) is 26.1. The smallest absolute Gasteiger partial charge is 0.179 e. The molecule has 41 heavy (non-hydrogen) atoms. The lowest BCUT2D eigenvalue weighted by atomic mass is 9.77. The SMILES string of the molecule is C=C(NC)O[C@H](C)CCC[C@H](S)C(C(/C=C\C=C/C)=C/C)C(CCC)CCNCC1CN(c2ccc(C#N)cc2)C1. The minimum absolute atomic E-state index is 0.139. The summed E-state index contributed by atoms with van der Waals surface area (Å²) in [6.07, 6.45) is 17.7. The topological polar surface area (TPSA) is 60.3 Å². The van der Waals surface area contributed by atoms with Crippen LogP contribution in [0.2, 0.25) is 0 Å². The number of hydrogen-bond acceptors (Lipinski definition) is 6. The van der Waals surface area contributed by atoms with Gasteiger partial charge in [-0.05, 0) is 101 Å². The molecule has 2 rings (SSSR count). The molecule has 226 valence electrons. The van der Waals surface area contributed by atoms with Crippen molar-refractivity contribution in [2.24, 2.45) is 17.8 Å². The van der Waals surface area contributed by atoms with Crippen molar-refractivity contribution in [2.75, 3.05) is 38.1 Å². The third-order valence-electron chi connectivity index (χ3n) is 8.07. The normalized spacial score (nSPS) is 17.2. The van der Waals surface area contributed by atoms with Gasteiger partial charge < -0.3 is 20.3 Å². The van der Waals surface area contributed by atoms with Crippen molar-refractivity contribution in [3.63, 3.8) is 0 Å². The van der Waals surface area contributed by atoms with Crippen LogP contribution < -0.4 is 15.5 Å². The Bertz CT molecular complexity index is 1020. The molecule has 2 unspecified atom stereocenters. The monoisotopic (exact) mass is 578 g/mol. The molecule has 1 fully saturated rings. The van der Waals surface area contributed by atoms with Crippen LogP contribution in [0.1, 0.15) is 71.8 Å². The molecule has 5 nitrogen and oxygen atoms in total. The first-order valence-electron chi connectivity index (χ1n) is 15.5. The van der Waals surface area contributed by atoms with E-state index in [9.17, 15) is 0 Å².